The van der Waals surface area contributed by atoms with Gasteiger partial charge in [0.1, 0.15) is 18.5 Å². The molecule has 0 aliphatic heterocycles. The van der Waals surface area contributed by atoms with Crippen molar-refractivity contribution in [2.45, 2.75) is 97.8 Å². The van der Waals surface area contributed by atoms with E-state index >= 15 is 0 Å². The van der Waals surface area contributed by atoms with E-state index in [0.717, 1.165) is 77.0 Å². The maximum atomic E-state index is 10.00. The molecule has 0 bridgehead atoms. The average Bonchev–Trinajstić information content (AvgIpc) is 2.60. The molecule has 0 aromatic heterocycles. The summed E-state index contributed by atoms with van der Waals surface area (Å²) in [7, 11) is -6.35. The van der Waals surface area contributed by atoms with Crippen molar-refractivity contribution >= 4 is 24.1 Å². The first kappa shape index (κ1) is 36.1. The van der Waals surface area contributed by atoms with Crippen LogP contribution in [-0.2, 0) is 30.8 Å². The summed E-state index contributed by atoms with van der Waals surface area (Å²) in [6.07, 6.45) is 13.8. The quantitative estimate of drug-likeness (QED) is 0.177. The van der Waals surface area contributed by atoms with Gasteiger partial charge >= 0.3 is 41.2 Å². The minimum Gasteiger partial charge on any atom is -0.596 e. The fourth-order valence-corrected chi connectivity index (χ4v) is 3.45. The van der Waals surface area contributed by atoms with E-state index in [9.17, 15) is 28.4 Å². The molecule has 0 spiro atoms. The fourth-order valence-electron chi connectivity index (χ4n) is 2.00. The van der Waals surface area contributed by atoms with Crippen LogP contribution >= 0.6 is 24.1 Å². The van der Waals surface area contributed by atoms with Gasteiger partial charge in [0.05, 0.1) is 0 Å². The molecule has 1 radical (unpaired) electrons. The van der Waals surface area contributed by atoms with Gasteiger partial charge in [0.25, 0.3) is 0 Å². The van der Waals surface area contributed by atoms with Gasteiger partial charge in [0.15, 0.2) is 0 Å². The second-order valence-corrected chi connectivity index (χ2v) is 9.69. The zero-order chi connectivity index (χ0) is 21.3. The summed E-state index contributed by atoms with van der Waals surface area (Å²) in [6.45, 7) is 6.33. The van der Waals surface area contributed by atoms with Crippen LogP contribution in [0.4, 0.5) is 0 Å². The molecule has 0 aromatic carbocycles. The smallest absolute Gasteiger partial charge is 0.596 e. The Morgan fingerprint density at radius 1 is 0.464 bits per heavy atom. The van der Waals surface area contributed by atoms with Gasteiger partial charge < -0.3 is 14.7 Å². The number of rotatable bonds is 15. The van der Waals surface area contributed by atoms with Crippen LogP contribution in [0.5, 0.6) is 0 Å². The van der Waals surface area contributed by atoms with E-state index < -0.39 is 24.1 Å². The maximum Gasteiger partial charge on any atom is 3.00 e. The Kier molecular flexibility index (Phi) is 41.7. The van der Waals surface area contributed by atoms with E-state index in [1.54, 1.807) is 0 Å². The Hall–Kier alpha value is 0.699. The van der Waals surface area contributed by atoms with Crippen LogP contribution in [0.15, 0.2) is 0 Å². The molecule has 0 heterocycles. The van der Waals surface area contributed by atoms with E-state index in [1.165, 1.54) is 0 Å². The molecule has 0 aromatic rings. The summed E-state index contributed by atoms with van der Waals surface area (Å²) in [5.74, 6) is 0. The normalized spacial score (nSPS) is 11.1. The molecule has 10 heteroatoms. The third-order valence-electron chi connectivity index (χ3n) is 3.58. The maximum absolute atomic E-state index is 10.00. The van der Waals surface area contributed by atoms with Crippen molar-refractivity contribution in [2.24, 2.45) is 0 Å². The molecule has 0 rings (SSSR count). The Morgan fingerprint density at radius 3 is 0.821 bits per heavy atom. The van der Waals surface area contributed by atoms with E-state index in [2.05, 4.69) is 20.8 Å². The van der Waals surface area contributed by atoms with Crippen LogP contribution in [0.25, 0.3) is 0 Å². The van der Waals surface area contributed by atoms with Crippen molar-refractivity contribution in [1.29, 1.82) is 0 Å². The van der Waals surface area contributed by atoms with Crippen LogP contribution in [-0.4, -0.2) is 18.5 Å². The Balaban J connectivity index is -0.000000152. The number of unbranched alkanes of at least 4 members (excludes halogenated alkanes) is 9. The van der Waals surface area contributed by atoms with Crippen LogP contribution in [0.2, 0.25) is 0 Å². The first-order valence-corrected chi connectivity index (χ1v) is 14.3. The summed E-state index contributed by atoms with van der Waals surface area (Å²) < 4.78 is 30.0. The summed E-state index contributed by atoms with van der Waals surface area (Å²) in [6, 6.07) is 0. The molecule has 0 saturated carbocycles. The Morgan fingerprint density at radius 2 is 0.679 bits per heavy atom. The summed E-state index contributed by atoms with van der Waals surface area (Å²) in [5, 5.41) is 0. The summed E-state index contributed by atoms with van der Waals surface area (Å²) in [4.78, 5) is 30.0. The molecule has 28 heavy (non-hydrogen) atoms. The SMILES string of the molecule is CCCCCC[P+](=O)[O-].CCCCCC[P+](=O)[O-].CCCCCC[P+](=O)[O-].[Fe+3]. The van der Waals surface area contributed by atoms with Gasteiger partial charge in [-0.1, -0.05) is 73.0 Å². The third kappa shape index (κ3) is 50.4. The molecular weight excluding hydrogens is 461 g/mol. The van der Waals surface area contributed by atoms with Gasteiger partial charge in [-0.25, -0.2) is 0 Å². The standard InChI is InChI=1S/3C6H13O2P.Fe/c3*1-2-3-4-5-6-9(7)8;/h3*2-6H2,1H3;/q;;;+3. The molecule has 0 fully saturated rings. The molecule has 6 nitrogen and oxygen atoms in total. The molecule has 0 N–H and O–H groups in total. The van der Waals surface area contributed by atoms with Crippen molar-refractivity contribution in [2.75, 3.05) is 18.5 Å². The van der Waals surface area contributed by atoms with E-state index in [1.807, 2.05) is 0 Å². The van der Waals surface area contributed by atoms with Crippen LogP contribution < -0.4 is 14.7 Å². The van der Waals surface area contributed by atoms with E-state index in [-0.39, 0.29) is 17.1 Å². The van der Waals surface area contributed by atoms with Gasteiger partial charge in [0.2, 0.25) is 0 Å². The predicted octanol–water partition coefficient (Wildman–Crippen LogP) is 5.01. The van der Waals surface area contributed by atoms with E-state index in [0.29, 0.717) is 18.5 Å². The zero-order valence-corrected chi connectivity index (χ0v) is 21.5. The van der Waals surface area contributed by atoms with Gasteiger partial charge in [-0.15, -0.1) is 0 Å². The first-order chi connectivity index (χ1) is 12.8. The van der Waals surface area contributed by atoms with Crippen molar-refractivity contribution in [3.8, 4) is 0 Å². The average molecular weight is 500 g/mol. The van der Waals surface area contributed by atoms with Crippen LogP contribution in [0.1, 0.15) is 97.8 Å². The van der Waals surface area contributed by atoms with Crippen LogP contribution in [0.3, 0.4) is 0 Å². The van der Waals surface area contributed by atoms with Crippen LogP contribution in [0, 0.1) is 0 Å². The minimum atomic E-state index is -2.12. The molecule has 0 aliphatic rings. The van der Waals surface area contributed by atoms with Crippen molar-refractivity contribution in [3.63, 3.8) is 0 Å². The molecule has 0 amide bonds. The van der Waals surface area contributed by atoms with E-state index in [4.69, 9.17) is 0 Å². The number of hydrogen-bond acceptors (Lipinski definition) is 6. The third-order valence-corrected chi connectivity index (χ3v) is 5.63. The molecule has 3 atom stereocenters. The second kappa shape index (κ2) is 32.4. The second-order valence-electron chi connectivity index (χ2n) is 6.35. The minimum absolute atomic E-state index is 0. The van der Waals surface area contributed by atoms with Gasteiger partial charge in [-0.2, -0.15) is 0 Å². The molecule has 0 aliphatic carbocycles. The van der Waals surface area contributed by atoms with Gasteiger partial charge in [0, 0.05) is 0 Å². The van der Waals surface area contributed by atoms with Crippen molar-refractivity contribution in [3.05, 3.63) is 0 Å². The monoisotopic (exact) mass is 500 g/mol. The summed E-state index contributed by atoms with van der Waals surface area (Å²) >= 11 is 0. The largest absolute Gasteiger partial charge is 3.00 e. The first-order valence-electron chi connectivity index (χ1n) is 10.2. The molecule has 3 unspecified atom stereocenters. The number of hydrogen-bond donors (Lipinski definition) is 0. The van der Waals surface area contributed by atoms with Crippen molar-refractivity contribution < 1.29 is 45.4 Å². The van der Waals surface area contributed by atoms with Gasteiger partial charge in [-0.05, 0) is 38.5 Å². The predicted molar refractivity (Wildman–Crippen MR) is 110 cm³/mol. The molecular formula is C18H39FeO6P3+3. The van der Waals surface area contributed by atoms with Gasteiger partial charge in [-0.3, -0.25) is 0 Å². The fraction of sp³-hybridized carbons (Fsp3) is 1.00. The Bertz CT molecular complexity index is 308. The summed E-state index contributed by atoms with van der Waals surface area (Å²) in [5.41, 5.74) is 0. The molecule has 167 valence electrons. The molecule has 0 saturated heterocycles. The Labute approximate surface area is 185 Å². The zero-order valence-electron chi connectivity index (χ0n) is 17.8. The van der Waals surface area contributed by atoms with Crippen molar-refractivity contribution in [1.82, 2.24) is 0 Å². The topological polar surface area (TPSA) is 120 Å².